The first kappa shape index (κ1) is 23.2. The molecule has 5 nitrogen and oxygen atoms in total. The molecule has 1 spiro atoms. The van der Waals surface area contributed by atoms with Gasteiger partial charge in [0.2, 0.25) is 0 Å². The van der Waals surface area contributed by atoms with E-state index in [1.807, 2.05) is 0 Å². The number of benzene rings is 1. The van der Waals surface area contributed by atoms with Crippen LogP contribution in [0.4, 0.5) is 23.7 Å². The summed E-state index contributed by atoms with van der Waals surface area (Å²) >= 11 is 0. The molecule has 4 rings (SSSR count). The predicted molar refractivity (Wildman–Crippen MR) is 118 cm³/mol. The van der Waals surface area contributed by atoms with Crippen molar-refractivity contribution in [2.45, 2.75) is 64.8 Å². The van der Waals surface area contributed by atoms with Crippen LogP contribution in [0.5, 0.6) is 0 Å². The van der Waals surface area contributed by atoms with E-state index < -0.39 is 18.4 Å². The summed E-state index contributed by atoms with van der Waals surface area (Å²) in [5, 5.41) is 0. The van der Waals surface area contributed by atoms with Crippen molar-refractivity contribution in [3.8, 4) is 0 Å². The highest BCUT2D eigenvalue weighted by Gasteiger charge is 2.43. The fraction of sp³-hybridized carbons (Fsp3) is 0.708. The van der Waals surface area contributed by atoms with Gasteiger partial charge < -0.3 is 14.5 Å². The minimum atomic E-state index is -4.52. The number of nitrogens with zero attached hydrogens (tertiary/aromatic N) is 3. The number of hydrogen-bond acceptors (Lipinski definition) is 4. The molecule has 178 valence electrons. The third-order valence-electron chi connectivity index (χ3n) is 7.46. The van der Waals surface area contributed by atoms with Crippen LogP contribution >= 0.6 is 0 Å². The monoisotopic (exact) mass is 453 g/mol. The average Bonchev–Trinajstić information content (AvgIpc) is 3.40. The average molecular weight is 454 g/mol. The summed E-state index contributed by atoms with van der Waals surface area (Å²) in [6.45, 7) is 9.15. The fourth-order valence-electron chi connectivity index (χ4n) is 5.34. The van der Waals surface area contributed by atoms with E-state index in [2.05, 4.69) is 39.7 Å². The zero-order valence-electron chi connectivity index (χ0n) is 19.1. The Morgan fingerprint density at radius 3 is 2.41 bits per heavy atom. The maximum absolute atomic E-state index is 12.7. The SMILES string of the molecule is Cc1ccc(CN2CCC3(CCN(C(=O)OC(C)C(F)(F)F)CC3)C2)cc1N1CCCC1. The van der Waals surface area contributed by atoms with E-state index in [1.54, 1.807) is 0 Å². The Morgan fingerprint density at radius 2 is 1.75 bits per heavy atom. The molecule has 3 aliphatic rings. The van der Waals surface area contributed by atoms with Gasteiger partial charge >= 0.3 is 12.3 Å². The Balaban J connectivity index is 1.30. The van der Waals surface area contributed by atoms with Gasteiger partial charge in [0.25, 0.3) is 0 Å². The first-order chi connectivity index (χ1) is 15.2. The Labute approximate surface area is 188 Å². The Kier molecular flexibility index (Phi) is 6.61. The highest BCUT2D eigenvalue weighted by Crippen LogP contribution is 2.41. The number of halogens is 3. The minimum absolute atomic E-state index is 0.148. The van der Waals surface area contributed by atoms with Crippen LogP contribution < -0.4 is 4.90 Å². The number of carbonyl (C=O) groups is 1. The van der Waals surface area contributed by atoms with E-state index in [0.29, 0.717) is 13.1 Å². The van der Waals surface area contributed by atoms with Crippen molar-refractivity contribution in [3.05, 3.63) is 29.3 Å². The van der Waals surface area contributed by atoms with Gasteiger partial charge in [0, 0.05) is 45.0 Å². The molecule has 8 heteroatoms. The lowest BCUT2D eigenvalue weighted by atomic mass is 9.78. The Hall–Kier alpha value is -1.96. The molecule has 1 aromatic carbocycles. The number of piperidine rings is 1. The molecule has 0 N–H and O–H groups in total. The number of alkyl halides is 3. The first-order valence-electron chi connectivity index (χ1n) is 11.7. The van der Waals surface area contributed by atoms with Gasteiger partial charge in [-0.15, -0.1) is 0 Å². The third-order valence-corrected chi connectivity index (χ3v) is 7.46. The van der Waals surface area contributed by atoms with E-state index in [1.165, 1.54) is 34.6 Å². The van der Waals surface area contributed by atoms with Crippen LogP contribution in [0, 0.1) is 12.3 Å². The molecular formula is C24H34F3N3O2. The van der Waals surface area contributed by atoms with Crippen molar-refractivity contribution in [1.29, 1.82) is 0 Å². The van der Waals surface area contributed by atoms with Crippen molar-refractivity contribution in [2.24, 2.45) is 5.41 Å². The van der Waals surface area contributed by atoms with Crippen LogP contribution in [0.2, 0.25) is 0 Å². The second-order valence-electron chi connectivity index (χ2n) is 9.83. The quantitative estimate of drug-likeness (QED) is 0.645. The van der Waals surface area contributed by atoms with Crippen molar-refractivity contribution in [3.63, 3.8) is 0 Å². The molecule has 0 radical (unpaired) electrons. The maximum atomic E-state index is 12.7. The molecule has 1 atom stereocenters. The van der Waals surface area contributed by atoms with Gasteiger partial charge in [-0.2, -0.15) is 13.2 Å². The highest BCUT2D eigenvalue weighted by molar-refractivity contribution is 5.68. The number of likely N-dealkylation sites (tertiary alicyclic amines) is 2. The summed E-state index contributed by atoms with van der Waals surface area (Å²) in [6, 6.07) is 6.78. The number of hydrogen-bond donors (Lipinski definition) is 0. The predicted octanol–water partition coefficient (Wildman–Crippen LogP) is 4.97. The normalized spacial score (nSPS) is 22.5. The first-order valence-corrected chi connectivity index (χ1v) is 11.7. The molecule has 3 fully saturated rings. The number of aryl methyl sites for hydroxylation is 1. The van der Waals surface area contributed by atoms with E-state index in [-0.39, 0.29) is 5.41 Å². The van der Waals surface area contributed by atoms with Crippen LogP contribution in [0.3, 0.4) is 0 Å². The highest BCUT2D eigenvalue weighted by atomic mass is 19.4. The van der Waals surface area contributed by atoms with Gasteiger partial charge in [0.15, 0.2) is 6.10 Å². The smallest absolute Gasteiger partial charge is 0.425 e. The van der Waals surface area contributed by atoms with Gasteiger partial charge in [0.05, 0.1) is 0 Å². The number of amides is 1. The molecule has 1 aromatic rings. The summed E-state index contributed by atoms with van der Waals surface area (Å²) in [4.78, 5) is 18.5. The third kappa shape index (κ3) is 5.16. The van der Waals surface area contributed by atoms with Crippen LogP contribution in [-0.4, -0.2) is 67.4 Å². The lowest BCUT2D eigenvalue weighted by molar-refractivity contribution is -0.200. The van der Waals surface area contributed by atoms with E-state index in [4.69, 9.17) is 0 Å². The second kappa shape index (κ2) is 9.12. The standard InChI is InChI=1S/C24H34F3N3O2/c1-18-5-6-20(15-21(18)29-10-3-4-11-29)16-28-12-7-23(17-28)8-13-30(14-9-23)22(31)32-19(2)24(25,26)27/h5-6,15,19H,3-4,7-14,16-17H2,1-2H3. The van der Waals surface area contributed by atoms with Gasteiger partial charge in [-0.25, -0.2) is 4.79 Å². The van der Waals surface area contributed by atoms with Gasteiger partial charge in [0.1, 0.15) is 0 Å². The van der Waals surface area contributed by atoms with Crippen LogP contribution in [0.25, 0.3) is 0 Å². The van der Waals surface area contributed by atoms with Crippen molar-refractivity contribution < 1.29 is 22.7 Å². The molecule has 32 heavy (non-hydrogen) atoms. The van der Waals surface area contributed by atoms with Gasteiger partial charge in [-0.05, 0) is 75.1 Å². The number of ether oxygens (including phenoxy) is 1. The molecule has 0 aromatic heterocycles. The van der Waals surface area contributed by atoms with Crippen molar-refractivity contribution >= 4 is 11.8 Å². The molecule has 1 amide bonds. The summed E-state index contributed by atoms with van der Waals surface area (Å²) in [6.07, 6.45) is -2.24. The molecule has 0 bridgehead atoms. The maximum Gasteiger partial charge on any atom is 0.425 e. The molecule has 3 aliphatic heterocycles. The molecule has 0 aliphatic carbocycles. The van der Waals surface area contributed by atoms with Crippen LogP contribution in [0.15, 0.2) is 18.2 Å². The second-order valence-corrected chi connectivity index (χ2v) is 9.83. The zero-order valence-corrected chi connectivity index (χ0v) is 19.1. The van der Waals surface area contributed by atoms with E-state index >= 15 is 0 Å². The summed E-state index contributed by atoms with van der Waals surface area (Å²) in [5.74, 6) is 0. The molecule has 1 unspecified atom stereocenters. The molecule has 0 saturated carbocycles. The summed E-state index contributed by atoms with van der Waals surface area (Å²) < 4.78 is 42.6. The Morgan fingerprint density at radius 1 is 1.09 bits per heavy atom. The van der Waals surface area contributed by atoms with Crippen LogP contribution in [-0.2, 0) is 11.3 Å². The van der Waals surface area contributed by atoms with Gasteiger partial charge in [-0.3, -0.25) is 4.90 Å². The van der Waals surface area contributed by atoms with Crippen molar-refractivity contribution in [1.82, 2.24) is 9.80 Å². The van der Waals surface area contributed by atoms with Crippen molar-refractivity contribution in [2.75, 3.05) is 44.2 Å². The number of anilines is 1. The molecule has 3 heterocycles. The van der Waals surface area contributed by atoms with E-state index in [9.17, 15) is 18.0 Å². The lowest BCUT2D eigenvalue weighted by Crippen LogP contribution is -2.46. The number of rotatable bonds is 4. The molecular weight excluding hydrogens is 419 g/mol. The largest absolute Gasteiger partial charge is 0.437 e. The molecule has 3 saturated heterocycles. The zero-order chi connectivity index (χ0) is 22.9. The van der Waals surface area contributed by atoms with Crippen LogP contribution in [0.1, 0.15) is 50.2 Å². The Bertz CT molecular complexity index is 815. The van der Waals surface area contributed by atoms with Gasteiger partial charge in [-0.1, -0.05) is 12.1 Å². The summed E-state index contributed by atoms with van der Waals surface area (Å²) in [5.41, 5.74) is 4.16. The van der Waals surface area contributed by atoms with E-state index in [0.717, 1.165) is 58.9 Å². The summed E-state index contributed by atoms with van der Waals surface area (Å²) in [7, 11) is 0. The minimum Gasteiger partial charge on any atom is -0.437 e. The fourth-order valence-corrected chi connectivity index (χ4v) is 5.34. The lowest BCUT2D eigenvalue weighted by Gasteiger charge is -2.39. The number of carbonyl (C=O) groups excluding carboxylic acids is 1. The topological polar surface area (TPSA) is 36.0 Å².